The van der Waals surface area contributed by atoms with Crippen LogP contribution in [0.25, 0.3) is 0 Å². The Balaban J connectivity index is 0.00000225. The topological polar surface area (TPSA) is 124 Å². The number of aromatic nitrogens is 3. The van der Waals surface area contributed by atoms with Crippen molar-refractivity contribution in [2.24, 2.45) is 0 Å². The summed E-state index contributed by atoms with van der Waals surface area (Å²) in [4.78, 5) is 39.6. The summed E-state index contributed by atoms with van der Waals surface area (Å²) >= 11 is 1.34. The standard InChI is InChI=1S/C16H20FN7O3S.Ra.Y/c1-9-7-19-14(28-9)22-15(25)23(2)11-8-24(6-4-10(11)17)13-18-5-3-12(20-13)21-16(26)27;;/h3,5,7,10-11H,4,6,8H2,1-2H3,(H,26,27)(H,18,20,21)(H,19,22,25);;. The van der Waals surface area contributed by atoms with E-state index in [9.17, 15) is 14.0 Å². The minimum atomic E-state index is -1.24. The first kappa shape index (κ1) is 27.6. The minimum Gasteiger partial charge on any atom is -0.465 e. The molecule has 0 bridgehead atoms. The Hall–Kier alpha value is -0.449. The van der Waals surface area contributed by atoms with Crippen LogP contribution in [0.2, 0.25) is 0 Å². The average Bonchev–Trinajstić information content (AvgIpc) is 3.06. The molecule has 10 nitrogen and oxygen atoms in total. The summed E-state index contributed by atoms with van der Waals surface area (Å²) in [6.07, 6.45) is 0.823. The van der Waals surface area contributed by atoms with Crippen LogP contribution in [-0.4, -0.2) is 69.4 Å². The number of halogens is 1. The van der Waals surface area contributed by atoms with Crippen LogP contribution in [0.1, 0.15) is 11.3 Å². The molecule has 0 aromatic carbocycles. The van der Waals surface area contributed by atoms with Crippen molar-refractivity contribution in [3.05, 3.63) is 23.3 Å². The third-order valence-corrected chi connectivity index (χ3v) is 5.14. The third kappa shape index (κ3) is 7.31. The van der Waals surface area contributed by atoms with Gasteiger partial charge in [-0.15, -0.1) is 11.3 Å². The quantitative estimate of drug-likeness (QED) is 0.443. The number of amides is 3. The van der Waals surface area contributed by atoms with Gasteiger partial charge in [-0.1, -0.05) is 0 Å². The zero-order chi connectivity index (χ0) is 20.3. The summed E-state index contributed by atoms with van der Waals surface area (Å²) in [5, 5.41) is 14.1. The fourth-order valence-electron chi connectivity index (χ4n) is 2.87. The van der Waals surface area contributed by atoms with Crippen LogP contribution in [0.3, 0.4) is 0 Å². The van der Waals surface area contributed by atoms with E-state index in [0.717, 1.165) is 4.88 Å². The Bertz CT molecular complexity index is 877. The van der Waals surface area contributed by atoms with Crippen molar-refractivity contribution in [3.63, 3.8) is 0 Å². The number of hydrogen-bond donors (Lipinski definition) is 3. The van der Waals surface area contributed by atoms with Crippen LogP contribution in [0.15, 0.2) is 18.5 Å². The van der Waals surface area contributed by atoms with Gasteiger partial charge in [0, 0.05) is 115 Å². The SMILES string of the molecule is Cc1cnc(NC(=O)N(C)C2CN(c3nccc(NC(=O)O)n3)CCC2F)s1.[Ra].[Y]. The molecule has 3 radical (unpaired) electrons. The van der Waals surface area contributed by atoms with Gasteiger partial charge >= 0.3 is 12.1 Å². The van der Waals surface area contributed by atoms with Crippen molar-refractivity contribution < 1.29 is 96.8 Å². The third-order valence-electron chi connectivity index (χ3n) is 4.31. The number of likely N-dealkylation sites (N-methyl/N-ethyl adjacent to an activating group) is 1. The smallest absolute Gasteiger partial charge is 0.410 e. The maximum Gasteiger partial charge on any atom is 0.410 e. The molecule has 1 aliphatic rings. The molecular weight excluding hydrogens is 704 g/mol. The first-order chi connectivity index (χ1) is 13.3. The van der Waals surface area contributed by atoms with Crippen LogP contribution < -0.4 is 15.5 Å². The molecule has 0 aliphatic carbocycles. The Kier molecular flexibility index (Phi) is 11.5. The first-order valence-electron chi connectivity index (χ1n) is 8.51. The zero-order valence-electron chi connectivity index (χ0n) is 16.6. The fourth-order valence-corrected chi connectivity index (χ4v) is 3.53. The number of carbonyl (C=O) groups is 2. The van der Waals surface area contributed by atoms with Crippen LogP contribution >= 0.6 is 11.3 Å². The number of carbonyl (C=O) groups excluding carboxylic acids is 1. The molecule has 1 fully saturated rings. The summed E-state index contributed by atoms with van der Waals surface area (Å²) in [5.41, 5.74) is 0. The summed E-state index contributed by atoms with van der Waals surface area (Å²) < 4.78 is 14.5. The molecule has 2 aromatic heterocycles. The maximum atomic E-state index is 14.5. The molecule has 2 unspecified atom stereocenters. The molecule has 3 rings (SSSR count). The van der Waals surface area contributed by atoms with Gasteiger partial charge in [0.1, 0.15) is 12.0 Å². The van der Waals surface area contributed by atoms with Crippen LogP contribution in [-0.2, 0) is 32.7 Å². The van der Waals surface area contributed by atoms with E-state index in [4.69, 9.17) is 5.11 Å². The summed E-state index contributed by atoms with van der Waals surface area (Å²) in [6, 6.07) is 0.257. The number of thiazole rings is 1. The molecule has 0 spiro atoms. The number of anilines is 3. The van der Waals surface area contributed by atoms with Gasteiger partial charge in [0.2, 0.25) is 5.95 Å². The number of aryl methyl sites for hydroxylation is 1. The van der Waals surface area contributed by atoms with Gasteiger partial charge in [0.15, 0.2) is 5.13 Å². The number of nitrogens with zero attached hydrogens (tertiary/aromatic N) is 5. The Morgan fingerprint density at radius 2 is 2.10 bits per heavy atom. The molecule has 30 heavy (non-hydrogen) atoms. The molecule has 3 N–H and O–H groups in total. The number of alkyl halides is 1. The van der Waals surface area contributed by atoms with Crippen molar-refractivity contribution in [3.8, 4) is 0 Å². The molecule has 155 valence electrons. The molecule has 1 saturated heterocycles. The Morgan fingerprint density at radius 3 is 2.73 bits per heavy atom. The summed E-state index contributed by atoms with van der Waals surface area (Å²) in [5.74, 6) is 0.397. The minimum absolute atomic E-state index is 0. The number of carboxylic acid groups (broad SMARTS) is 1. The van der Waals surface area contributed by atoms with E-state index in [1.54, 1.807) is 11.1 Å². The van der Waals surface area contributed by atoms with Crippen molar-refractivity contribution in [2.75, 3.05) is 35.7 Å². The second-order valence-electron chi connectivity index (χ2n) is 6.31. The molecule has 3 amide bonds. The van der Waals surface area contributed by atoms with Crippen molar-refractivity contribution >= 4 is 40.4 Å². The van der Waals surface area contributed by atoms with Gasteiger partial charge < -0.3 is 14.9 Å². The maximum absolute atomic E-state index is 14.5. The van der Waals surface area contributed by atoms with Crippen molar-refractivity contribution in [2.45, 2.75) is 25.6 Å². The Morgan fingerprint density at radius 1 is 1.37 bits per heavy atom. The van der Waals surface area contributed by atoms with Gasteiger partial charge in [-0.3, -0.25) is 10.6 Å². The molecule has 3 heterocycles. The monoisotopic (exact) mass is 724 g/mol. The summed E-state index contributed by atoms with van der Waals surface area (Å²) in [6.45, 7) is 2.41. The molecule has 2 atom stereocenters. The number of urea groups is 1. The molecule has 0 saturated carbocycles. The number of piperidine rings is 1. The van der Waals surface area contributed by atoms with Crippen molar-refractivity contribution in [1.82, 2.24) is 19.9 Å². The Labute approximate surface area is 238 Å². The molecule has 2 aromatic rings. The van der Waals surface area contributed by atoms with Crippen LogP contribution in [0.4, 0.5) is 30.9 Å². The average molecular weight is 724 g/mol. The first-order valence-corrected chi connectivity index (χ1v) is 9.33. The van der Waals surface area contributed by atoms with Crippen LogP contribution in [0.5, 0.6) is 0 Å². The number of hydrogen-bond acceptors (Lipinski definition) is 7. The van der Waals surface area contributed by atoms with E-state index in [1.165, 1.54) is 35.5 Å². The summed E-state index contributed by atoms with van der Waals surface area (Å²) in [7, 11) is 1.53. The van der Waals surface area contributed by atoms with Crippen molar-refractivity contribution in [1.29, 1.82) is 0 Å². The fraction of sp³-hybridized carbons (Fsp3) is 0.438. The van der Waals surface area contributed by atoms with E-state index in [-0.39, 0.29) is 102 Å². The molecular formula is C16H20FN7O3RaSY. The second kappa shape index (κ2) is 12.6. The largest absolute Gasteiger partial charge is 0.465 e. The molecule has 14 heteroatoms. The van der Waals surface area contributed by atoms with E-state index in [2.05, 4.69) is 25.6 Å². The number of nitrogens with one attached hydrogen (secondary N) is 2. The van der Waals surface area contributed by atoms with Gasteiger partial charge in [0.05, 0.1) is 6.04 Å². The predicted octanol–water partition coefficient (Wildman–Crippen LogP) is 2.41. The van der Waals surface area contributed by atoms with Gasteiger partial charge in [-0.2, -0.15) is 4.98 Å². The second-order valence-corrected chi connectivity index (χ2v) is 7.54. The van der Waals surface area contributed by atoms with Gasteiger partial charge in [-0.25, -0.2) is 23.9 Å². The van der Waals surface area contributed by atoms with Crippen LogP contribution in [0, 0.1) is 51.9 Å². The number of rotatable bonds is 4. The zero-order valence-corrected chi connectivity index (χ0v) is 26.0. The van der Waals surface area contributed by atoms with E-state index in [0.29, 0.717) is 11.7 Å². The van der Waals surface area contributed by atoms with Gasteiger partial charge in [0.25, 0.3) is 0 Å². The van der Waals surface area contributed by atoms with E-state index < -0.39 is 24.3 Å². The normalized spacial score (nSPS) is 17.9. The van der Waals surface area contributed by atoms with Gasteiger partial charge in [-0.05, 0) is 19.4 Å². The predicted molar refractivity (Wildman–Crippen MR) is 103 cm³/mol. The molecule has 1 aliphatic heterocycles. The van der Waals surface area contributed by atoms with E-state index >= 15 is 0 Å². The van der Waals surface area contributed by atoms with E-state index in [1.807, 2.05) is 6.92 Å².